The van der Waals surface area contributed by atoms with Crippen molar-refractivity contribution >= 4 is 45.9 Å². The quantitative estimate of drug-likeness (QED) is 0.421. The van der Waals surface area contributed by atoms with Crippen LogP contribution in [-0.2, 0) is 16.1 Å². The number of esters is 1. The Bertz CT molecular complexity index is 1230. The summed E-state index contributed by atoms with van der Waals surface area (Å²) in [5, 5.41) is 0.748. The smallest absolute Gasteiger partial charge is 0.337 e. The van der Waals surface area contributed by atoms with E-state index in [0.717, 1.165) is 33.8 Å². The van der Waals surface area contributed by atoms with Gasteiger partial charge in [-0.15, -0.1) is 0 Å². The van der Waals surface area contributed by atoms with E-state index < -0.39 is 0 Å². The molecule has 0 spiro atoms. The zero-order valence-corrected chi connectivity index (χ0v) is 18.3. The van der Waals surface area contributed by atoms with Crippen LogP contribution in [0.2, 0.25) is 0 Å². The molecule has 158 valence electrons. The number of thioether (sulfide) groups is 1. The van der Waals surface area contributed by atoms with Gasteiger partial charge in [0.2, 0.25) is 0 Å². The van der Waals surface area contributed by atoms with E-state index in [9.17, 15) is 14.4 Å². The lowest BCUT2D eigenvalue weighted by Gasteiger charge is -2.16. The largest absolute Gasteiger partial charge is 0.465 e. The van der Waals surface area contributed by atoms with Gasteiger partial charge in [0, 0.05) is 35.2 Å². The van der Waals surface area contributed by atoms with E-state index in [4.69, 9.17) is 4.74 Å². The third-order valence-electron chi connectivity index (χ3n) is 5.15. The normalized spacial score (nSPS) is 15.5. The second-order valence-electron chi connectivity index (χ2n) is 7.57. The van der Waals surface area contributed by atoms with E-state index in [-0.39, 0.29) is 23.2 Å². The predicted molar refractivity (Wildman–Crippen MR) is 122 cm³/mol. The van der Waals surface area contributed by atoms with Crippen LogP contribution in [0.15, 0.2) is 59.6 Å². The van der Waals surface area contributed by atoms with Crippen molar-refractivity contribution in [2.75, 3.05) is 7.11 Å². The number of fused-ring (bicyclic) bond motifs is 1. The van der Waals surface area contributed by atoms with Gasteiger partial charge in [0.15, 0.2) is 0 Å². The highest BCUT2D eigenvalue weighted by molar-refractivity contribution is 8.18. The van der Waals surface area contributed by atoms with Gasteiger partial charge in [0.05, 0.1) is 17.6 Å². The summed E-state index contributed by atoms with van der Waals surface area (Å²) in [4.78, 5) is 38.5. The SMILES string of the molecule is COC(=O)c1cccc(Cn2cc(C=C3SC(=O)N(C(C)C)C3=O)c3ccccc32)c1. The molecule has 4 rings (SSSR count). The van der Waals surface area contributed by atoms with Crippen LogP contribution in [0.25, 0.3) is 17.0 Å². The average molecular weight is 435 g/mol. The maximum absolute atomic E-state index is 12.7. The van der Waals surface area contributed by atoms with Crippen LogP contribution < -0.4 is 0 Å². The standard InChI is InChI=1S/C24H22N2O4S/c1-15(2)26-22(27)21(31-24(26)29)12-18-14-25(20-10-5-4-9-19(18)20)13-16-7-6-8-17(11-16)23(28)30-3/h4-12,14-15H,13H2,1-3H3. The molecule has 6 nitrogen and oxygen atoms in total. The minimum atomic E-state index is -0.374. The summed E-state index contributed by atoms with van der Waals surface area (Å²) >= 11 is 0.972. The number of amides is 2. The van der Waals surface area contributed by atoms with Crippen LogP contribution in [0.3, 0.4) is 0 Å². The summed E-state index contributed by atoms with van der Waals surface area (Å²) in [6, 6.07) is 15.0. The molecule has 0 aliphatic carbocycles. The van der Waals surface area contributed by atoms with Crippen LogP contribution in [0, 0.1) is 0 Å². The summed E-state index contributed by atoms with van der Waals surface area (Å²) in [6.45, 7) is 4.20. The Morgan fingerprint density at radius 1 is 1.13 bits per heavy atom. The Labute approximate surface area is 184 Å². The van der Waals surface area contributed by atoms with Gasteiger partial charge in [0.25, 0.3) is 11.1 Å². The molecule has 2 aromatic carbocycles. The van der Waals surface area contributed by atoms with E-state index in [1.165, 1.54) is 12.0 Å². The first-order chi connectivity index (χ1) is 14.9. The highest BCUT2D eigenvalue weighted by atomic mass is 32.2. The molecule has 1 aliphatic heterocycles. The Kier molecular flexibility index (Phi) is 5.69. The average Bonchev–Trinajstić information content (AvgIpc) is 3.24. The highest BCUT2D eigenvalue weighted by Crippen LogP contribution is 2.35. The second kappa shape index (κ2) is 8.43. The summed E-state index contributed by atoms with van der Waals surface area (Å²) in [7, 11) is 1.36. The van der Waals surface area contributed by atoms with Crippen LogP contribution in [0.5, 0.6) is 0 Å². The molecule has 1 saturated heterocycles. The molecule has 1 fully saturated rings. The molecule has 1 aromatic heterocycles. The topological polar surface area (TPSA) is 68.6 Å². The minimum absolute atomic E-state index is 0.179. The number of hydrogen-bond donors (Lipinski definition) is 0. The number of methoxy groups -OCH3 is 1. The van der Waals surface area contributed by atoms with Crippen molar-refractivity contribution in [3.05, 3.63) is 76.3 Å². The first-order valence-corrected chi connectivity index (χ1v) is 10.7. The summed E-state index contributed by atoms with van der Waals surface area (Å²) in [6.07, 6.45) is 3.76. The van der Waals surface area contributed by atoms with Crippen LogP contribution in [0.1, 0.15) is 35.3 Å². The van der Waals surface area contributed by atoms with Gasteiger partial charge in [0.1, 0.15) is 0 Å². The van der Waals surface area contributed by atoms with Gasteiger partial charge < -0.3 is 9.30 Å². The van der Waals surface area contributed by atoms with Gasteiger partial charge in [-0.2, -0.15) is 0 Å². The van der Waals surface area contributed by atoms with Gasteiger partial charge >= 0.3 is 5.97 Å². The van der Waals surface area contributed by atoms with Crippen molar-refractivity contribution in [3.8, 4) is 0 Å². The Balaban J connectivity index is 1.72. The molecule has 2 heterocycles. The number of imide groups is 1. The van der Waals surface area contributed by atoms with Crippen LogP contribution in [-0.4, -0.2) is 39.7 Å². The van der Waals surface area contributed by atoms with E-state index in [1.54, 1.807) is 12.1 Å². The molecule has 31 heavy (non-hydrogen) atoms. The monoisotopic (exact) mass is 434 g/mol. The lowest BCUT2D eigenvalue weighted by atomic mass is 10.1. The lowest BCUT2D eigenvalue weighted by Crippen LogP contribution is -2.34. The second-order valence-corrected chi connectivity index (χ2v) is 8.56. The van der Waals surface area contributed by atoms with Crippen molar-refractivity contribution in [1.29, 1.82) is 0 Å². The van der Waals surface area contributed by atoms with Crippen molar-refractivity contribution in [2.45, 2.75) is 26.4 Å². The molecule has 2 amide bonds. The molecule has 0 N–H and O–H groups in total. The summed E-state index contributed by atoms with van der Waals surface area (Å²) in [5.41, 5.74) is 3.32. The van der Waals surface area contributed by atoms with Crippen molar-refractivity contribution in [1.82, 2.24) is 9.47 Å². The molecule has 1 aliphatic rings. The molecular formula is C24H22N2O4S. The molecule has 0 unspecified atom stereocenters. The number of hydrogen-bond acceptors (Lipinski definition) is 5. The van der Waals surface area contributed by atoms with E-state index in [0.29, 0.717) is 17.0 Å². The molecular weight excluding hydrogens is 412 g/mol. The fourth-order valence-corrected chi connectivity index (χ4v) is 4.65. The van der Waals surface area contributed by atoms with E-state index in [2.05, 4.69) is 4.57 Å². The zero-order valence-electron chi connectivity index (χ0n) is 17.5. The third kappa shape index (κ3) is 4.01. The van der Waals surface area contributed by atoms with Gasteiger partial charge in [-0.25, -0.2) is 4.79 Å². The number of carbonyl (C=O) groups excluding carboxylic acids is 3. The Morgan fingerprint density at radius 3 is 2.61 bits per heavy atom. The lowest BCUT2D eigenvalue weighted by molar-refractivity contribution is -0.123. The van der Waals surface area contributed by atoms with Gasteiger partial charge in [-0.05, 0) is 55.4 Å². The Morgan fingerprint density at radius 2 is 1.90 bits per heavy atom. The van der Waals surface area contributed by atoms with E-state index in [1.807, 2.05) is 62.5 Å². The van der Waals surface area contributed by atoms with Crippen molar-refractivity contribution in [2.24, 2.45) is 0 Å². The maximum Gasteiger partial charge on any atom is 0.337 e. The van der Waals surface area contributed by atoms with Crippen molar-refractivity contribution < 1.29 is 19.1 Å². The minimum Gasteiger partial charge on any atom is -0.465 e. The molecule has 0 radical (unpaired) electrons. The number of carbonyl (C=O) groups is 3. The number of rotatable bonds is 5. The number of aromatic nitrogens is 1. The maximum atomic E-state index is 12.7. The predicted octanol–water partition coefficient (Wildman–Crippen LogP) is 4.92. The number of ether oxygens (including phenoxy) is 1. The van der Waals surface area contributed by atoms with E-state index >= 15 is 0 Å². The first-order valence-electron chi connectivity index (χ1n) is 9.91. The van der Waals surface area contributed by atoms with Crippen molar-refractivity contribution in [3.63, 3.8) is 0 Å². The number of para-hydroxylation sites is 1. The molecule has 3 aromatic rings. The molecule has 0 atom stereocenters. The third-order valence-corrected chi connectivity index (χ3v) is 6.03. The first kappa shape index (κ1) is 20.9. The number of benzene rings is 2. The molecule has 7 heteroatoms. The fourth-order valence-electron chi connectivity index (χ4n) is 3.70. The number of nitrogens with zero attached hydrogens (tertiary/aromatic N) is 2. The fraction of sp³-hybridized carbons (Fsp3) is 0.208. The van der Waals surface area contributed by atoms with Gasteiger partial charge in [-0.1, -0.05) is 30.3 Å². The zero-order chi connectivity index (χ0) is 22.1. The van der Waals surface area contributed by atoms with Crippen LogP contribution in [0.4, 0.5) is 4.79 Å². The molecule has 0 bridgehead atoms. The summed E-state index contributed by atoms with van der Waals surface area (Å²) in [5.74, 6) is -0.631. The highest BCUT2D eigenvalue weighted by Gasteiger charge is 2.36. The Hall–Kier alpha value is -3.32. The summed E-state index contributed by atoms with van der Waals surface area (Å²) < 4.78 is 6.89. The molecule has 0 saturated carbocycles. The van der Waals surface area contributed by atoms with Gasteiger partial charge in [-0.3, -0.25) is 14.5 Å². The van der Waals surface area contributed by atoms with Crippen LogP contribution >= 0.6 is 11.8 Å².